The Labute approximate surface area is 188 Å². The van der Waals surface area contributed by atoms with Crippen molar-refractivity contribution in [2.45, 2.75) is 26.3 Å². The third kappa shape index (κ3) is 5.23. The Morgan fingerprint density at radius 2 is 1.71 bits per heavy atom. The molecule has 0 atom stereocenters. The second-order valence-corrected chi connectivity index (χ2v) is 8.32. The van der Waals surface area contributed by atoms with Crippen molar-refractivity contribution >= 4 is 23.3 Å². The molecule has 0 aliphatic carbocycles. The van der Waals surface area contributed by atoms with Gasteiger partial charge in [0.2, 0.25) is 5.91 Å². The highest BCUT2D eigenvalue weighted by molar-refractivity contribution is 6.30. The van der Waals surface area contributed by atoms with Crippen molar-refractivity contribution in [3.63, 3.8) is 0 Å². The number of halogens is 1. The summed E-state index contributed by atoms with van der Waals surface area (Å²) in [5, 5.41) is 9.52. The first-order chi connectivity index (χ1) is 15.1. The third-order valence-electron chi connectivity index (χ3n) is 5.87. The number of nitrogens with zero attached hydrogens (tertiary/aromatic N) is 4. The van der Waals surface area contributed by atoms with Gasteiger partial charge in [-0.25, -0.2) is 0 Å². The maximum atomic E-state index is 13.1. The summed E-state index contributed by atoms with van der Waals surface area (Å²) >= 11 is 5.96. The van der Waals surface area contributed by atoms with Crippen LogP contribution in [0.5, 0.6) is 0 Å². The van der Waals surface area contributed by atoms with E-state index >= 15 is 0 Å². The van der Waals surface area contributed by atoms with Gasteiger partial charge in [0, 0.05) is 42.7 Å². The van der Waals surface area contributed by atoms with E-state index in [1.54, 1.807) is 0 Å². The van der Waals surface area contributed by atoms with Crippen molar-refractivity contribution in [2.24, 2.45) is 5.92 Å². The molecule has 2 aromatic carbocycles. The summed E-state index contributed by atoms with van der Waals surface area (Å²) in [5.74, 6) is 1.19. The zero-order chi connectivity index (χ0) is 21.6. The predicted molar refractivity (Wildman–Crippen MR) is 125 cm³/mol. The van der Waals surface area contributed by atoms with Gasteiger partial charge in [0.1, 0.15) is 0 Å². The molecule has 0 radical (unpaired) electrons. The lowest BCUT2D eigenvalue weighted by Gasteiger charge is -2.34. The van der Waals surface area contributed by atoms with Crippen LogP contribution in [0.4, 0.5) is 5.82 Å². The number of aromatic nitrogens is 2. The molecule has 3 aromatic rings. The maximum absolute atomic E-state index is 13.1. The minimum absolute atomic E-state index is 0.0706. The van der Waals surface area contributed by atoms with Crippen LogP contribution in [0.25, 0.3) is 11.3 Å². The molecule has 0 spiro atoms. The Bertz CT molecular complexity index is 984. The van der Waals surface area contributed by atoms with Gasteiger partial charge in [0.15, 0.2) is 5.82 Å². The molecule has 1 aliphatic rings. The van der Waals surface area contributed by atoms with Crippen LogP contribution in [0.3, 0.4) is 0 Å². The van der Waals surface area contributed by atoms with Crippen LogP contribution in [0.1, 0.15) is 25.3 Å². The number of piperidine rings is 1. The lowest BCUT2D eigenvalue weighted by atomic mass is 9.95. The second kappa shape index (κ2) is 9.92. The van der Waals surface area contributed by atoms with E-state index in [1.807, 2.05) is 66.4 Å². The Kier molecular flexibility index (Phi) is 6.82. The molecule has 1 aliphatic heterocycles. The molecular weight excluding hydrogens is 408 g/mol. The van der Waals surface area contributed by atoms with Gasteiger partial charge in [-0.05, 0) is 49.6 Å². The zero-order valence-corrected chi connectivity index (χ0v) is 18.5. The molecule has 0 saturated carbocycles. The van der Waals surface area contributed by atoms with Gasteiger partial charge in [-0.15, -0.1) is 10.2 Å². The first-order valence-corrected chi connectivity index (χ1v) is 11.2. The largest absolute Gasteiger partial charge is 0.355 e. The van der Waals surface area contributed by atoms with Crippen molar-refractivity contribution in [2.75, 3.05) is 24.5 Å². The summed E-state index contributed by atoms with van der Waals surface area (Å²) in [5.41, 5.74) is 2.99. The van der Waals surface area contributed by atoms with Crippen LogP contribution in [-0.2, 0) is 11.3 Å². The number of anilines is 1. The highest BCUT2D eigenvalue weighted by atomic mass is 35.5. The van der Waals surface area contributed by atoms with Crippen LogP contribution in [0, 0.1) is 5.92 Å². The predicted octanol–water partition coefficient (Wildman–Crippen LogP) is 5.06. The minimum Gasteiger partial charge on any atom is -0.355 e. The molecule has 0 N–H and O–H groups in total. The fourth-order valence-electron chi connectivity index (χ4n) is 4.03. The van der Waals surface area contributed by atoms with Gasteiger partial charge in [0.25, 0.3) is 0 Å². The summed E-state index contributed by atoms with van der Waals surface area (Å²) < 4.78 is 0. The van der Waals surface area contributed by atoms with Crippen molar-refractivity contribution in [1.82, 2.24) is 15.1 Å². The fourth-order valence-corrected chi connectivity index (χ4v) is 4.16. The molecule has 1 aromatic heterocycles. The number of hydrogen-bond donors (Lipinski definition) is 0. The van der Waals surface area contributed by atoms with Crippen molar-refractivity contribution in [3.05, 3.63) is 77.3 Å². The van der Waals surface area contributed by atoms with Crippen LogP contribution in [0.15, 0.2) is 66.7 Å². The summed E-state index contributed by atoms with van der Waals surface area (Å²) in [6, 6.07) is 21.8. The molecule has 31 heavy (non-hydrogen) atoms. The van der Waals surface area contributed by atoms with Crippen molar-refractivity contribution in [3.8, 4) is 11.3 Å². The zero-order valence-electron chi connectivity index (χ0n) is 17.7. The number of carbonyl (C=O) groups is 1. The average molecular weight is 435 g/mol. The molecular formula is C25H27ClN4O. The molecule has 0 bridgehead atoms. The highest BCUT2D eigenvalue weighted by Gasteiger charge is 2.28. The molecule has 1 fully saturated rings. The van der Waals surface area contributed by atoms with E-state index in [9.17, 15) is 4.79 Å². The summed E-state index contributed by atoms with van der Waals surface area (Å²) in [7, 11) is 0. The van der Waals surface area contributed by atoms with Gasteiger partial charge < -0.3 is 9.80 Å². The Balaban J connectivity index is 1.34. The molecule has 1 amide bonds. The van der Waals surface area contributed by atoms with Gasteiger partial charge in [-0.1, -0.05) is 54.1 Å². The summed E-state index contributed by atoms with van der Waals surface area (Å²) in [6.07, 6.45) is 1.68. The fraction of sp³-hybridized carbons (Fsp3) is 0.320. The smallest absolute Gasteiger partial charge is 0.226 e. The standard InChI is InChI=1S/C25H27ClN4O/c1-2-29(18-19-6-4-3-5-7-19)25(31)21-14-16-30(17-15-21)24-13-12-23(27-28-24)20-8-10-22(26)11-9-20/h3-13,21H,2,14-18H2,1H3. The van der Waals surface area contributed by atoms with Crippen molar-refractivity contribution < 1.29 is 4.79 Å². The number of hydrogen-bond acceptors (Lipinski definition) is 4. The first kappa shape index (κ1) is 21.3. The molecule has 1 saturated heterocycles. The van der Waals surface area contributed by atoms with E-state index in [1.165, 1.54) is 5.56 Å². The second-order valence-electron chi connectivity index (χ2n) is 7.88. The average Bonchev–Trinajstić information content (AvgIpc) is 2.83. The molecule has 2 heterocycles. The van der Waals surface area contributed by atoms with Crippen LogP contribution in [0.2, 0.25) is 5.02 Å². The van der Waals surface area contributed by atoms with Crippen LogP contribution < -0.4 is 4.90 Å². The first-order valence-electron chi connectivity index (χ1n) is 10.8. The molecule has 6 heteroatoms. The Morgan fingerprint density at radius 3 is 2.32 bits per heavy atom. The molecule has 0 unspecified atom stereocenters. The normalized spacial score (nSPS) is 14.5. The van der Waals surface area contributed by atoms with E-state index in [4.69, 9.17) is 11.6 Å². The minimum atomic E-state index is 0.0706. The van der Waals surface area contributed by atoms with E-state index in [0.717, 1.165) is 49.6 Å². The topological polar surface area (TPSA) is 49.3 Å². The van der Waals surface area contributed by atoms with Gasteiger partial charge >= 0.3 is 0 Å². The molecule has 5 nitrogen and oxygen atoms in total. The van der Waals surface area contributed by atoms with Crippen LogP contribution >= 0.6 is 11.6 Å². The van der Waals surface area contributed by atoms with E-state index < -0.39 is 0 Å². The van der Waals surface area contributed by atoms with Crippen LogP contribution in [-0.4, -0.2) is 40.6 Å². The SMILES string of the molecule is CCN(Cc1ccccc1)C(=O)C1CCN(c2ccc(-c3ccc(Cl)cc3)nn2)CC1. The number of carbonyl (C=O) groups excluding carboxylic acids is 1. The summed E-state index contributed by atoms with van der Waals surface area (Å²) in [4.78, 5) is 17.3. The Hall–Kier alpha value is -2.92. The summed E-state index contributed by atoms with van der Waals surface area (Å²) in [6.45, 7) is 5.08. The maximum Gasteiger partial charge on any atom is 0.226 e. The van der Waals surface area contributed by atoms with Gasteiger partial charge in [-0.3, -0.25) is 4.79 Å². The molecule has 4 rings (SSSR count). The van der Waals surface area contributed by atoms with E-state index in [-0.39, 0.29) is 11.8 Å². The third-order valence-corrected chi connectivity index (χ3v) is 6.12. The number of rotatable bonds is 6. The Morgan fingerprint density at radius 1 is 1.00 bits per heavy atom. The highest BCUT2D eigenvalue weighted by Crippen LogP contribution is 2.25. The number of benzene rings is 2. The lowest BCUT2D eigenvalue weighted by Crippen LogP contribution is -2.42. The number of amides is 1. The molecule has 160 valence electrons. The van der Waals surface area contributed by atoms with E-state index in [0.29, 0.717) is 11.6 Å². The van der Waals surface area contributed by atoms with Gasteiger partial charge in [-0.2, -0.15) is 0 Å². The lowest BCUT2D eigenvalue weighted by molar-refractivity contribution is -0.136. The quantitative estimate of drug-likeness (QED) is 0.544. The monoisotopic (exact) mass is 434 g/mol. The van der Waals surface area contributed by atoms with Gasteiger partial charge in [0.05, 0.1) is 5.69 Å². The van der Waals surface area contributed by atoms with Crippen molar-refractivity contribution in [1.29, 1.82) is 0 Å². The van der Waals surface area contributed by atoms with E-state index in [2.05, 4.69) is 27.2 Å².